The van der Waals surface area contributed by atoms with E-state index in [4.69, 9.17) is 23.2 Å². The Kier molecular flexibility index (Phi) is 5.79. The lowest BCUT2D eigenvalue weighted by molar-refractivity contribution is -0.120. The van der Waals surface area contributed by atoms with Crippen molar-refractivity contribution in [3.05, 3.63) is 33.8 Å². The number of carbonyl (C=O) groups excluding carboxylic acids is 1. The van der Waals surface area contributed by atoms with Gasteiger partial charge >= 0.3 is 0 Å². The highest BCUT2D eigenvalue weighted by Gasteiger charge is 2.07. The summed E-state index contributed by atoms with van der Waals surface area (Å²) in [5, 5.41) is 3.99. The molecule has 0 saturated carbocycles. The molecular formula is C13H17Cl2NO. The maximum Gasteiger partial charge on any atom is 0.224 e. The summed E-state index contributed by atoms with van der Waals surface area (Å²) in [6, 6.07) is 5.18. The minimum absolute atomic E-state index is 0.00475. The van der Waals surface area contributed by atoms with Crippen LogP contribution in [-0.4, -0.2) is 12.5 Å². The second-order valence-electron chi connectivity index (χ2n) is 4.44. The predicted molar refractivity (Wildman–Crippen MR) is 72.6 cm³/mol. The Bertz CT molecular complexity index is 391. The van der Waals surface area contributed by atoms with Crippen LogP contribution in [0.25, 0.3) is 0 Å². The Labute approximate surface area is 112 Å². The zero-order valence-corrected chi connectivity index (χ0v) is 11.6. The molecule has 94 valence electrons. The second-order valence-corrected chi connectivity index (χ2v) is 5.29. The van der Waals surface area contributed by atoms with E-state index in [1.165, 1.54) is 0 Å². The van der Waals surface area contributed by atoms with Crippen LogP contribution >= 0.6 is 23.2 Å². The third kappa shape index (κ3) is 5.42. The Morgan fingerprint density at radius 3 is 2.65 bits per heavy atom. The van der Waals surface area contributed by atoms with E-state index in [-0.39, 0.29) is 5.91 Å². The van der Waals surface area contributed by atoms with Crippen molar-refractivity contribution >= 4 is 29.1 Å². The highest BCUT2D eigenvalue weighted by atomic mass is 35.5. The average molecular weight is 274 g/mol. The van der Waals surface area contributed by atoms with Gasteiger partial charge in [-0.25, -0.2) is 0 Å². The quantitative estimate of drug-likeness (QED) is 0.871. The zero-order chi connectivity index (χ0) is 12.8. The summed E-state index contributed by atoms with van der Waals surface area (Å²) in [4.78, 5) is 11.6. The Balaban J connectivity index is 2.45. The van der Waals surface area contributed by atoms with Gasteiger partial charge in [-0.1, -0.05) is 43.1 Å². The van der Waals surface area contributed by atoms with Gasteiger partial charge in [0.25, 0.3) is 0 Å². The molecule has 1 rings (SSSR count). The zero-order valence-electron chi connectivity index (χ0n) is 10.1. The summed E-state index contributed by atoms with van der Waals surface area (Å²) < 4.78 is 0. The number of halogens is 2. The van der Waals surface area contributed by atoms with Gasteiger partial charge in [0.2, 0.25) is 5.91 Å². The fourth-order valence-corrected chi connectivity index (χ4v) is 1.88. The van der Waals surface area contributed by atoms with Crippen molar-refractivity contribution in [2.24, 2.45) is 5.92 Å². The number of hydrogen-bond donors (Lipinski definition) is 1. The van der Waals surface area contributed by atoms with E-state index in [0.717, 1.165) is 12.0 Å². The SMILES string of the molecule is CC(C)CCNC(=O)Cc1ccc(Cl)cc1Cl. The van der Waals surface area contributed by atoms with E-state index in [1.807, 2.05) is 0 Å². The number of benzene rings is 1. The minimum atomic E-state index is -0.00475. The smallest absolute Gasteiger partial charge is 0.224 e. The molecule has 2 nitrogen and oxygen atoms in total. The van der Waals surface area contributed by atoms with Crippen molar-refractivity contribution < 1.29 is 4.79 Å². The van der Waals surface area contributed by atoms with Crippen molar-refractivity contribution in [2.75, 3.05) is 6.54 Å². The molecule has 0 fully saturated rings. The Morgan fingerprint density at radius 2 is 2.06 bits per heavy atom. The normalized spacial score (nSPS) is 10.6. The van der Waals surface area contributed by atoms with Crippen LogP contribution in [0.4, 0.5) is 0 Å². The standard InChI is InChI=1S/C13H17Cl2NO/c1-9(2)5-6-16-13(17)7-10-3-4-11(14)8-12(10)15/h3-4,8-9H,5-7H2,1-2H3,(H,16,17). The van der Waals surface area contributed by atoms with Gasteiger partial charge in [-0.3, -0.25) is 4.79 Å². The van der Waals surface area contributed by atoms with Gasteiger partial charge in [0.1, 0.15) is 0 Å². The molecule has 0 spiro atoms. The number of nitrogens with one attached hydrogen (secondary N) is 1. The van der Waals surface area contributed by atoms with E-state index >= 15 is 0 Å². The van der Waals surface area contributed by atoms with E-state index < -0.39 is 0 Å². The number of rotatable bonds is 5. The van der Waals surface area contributed by atoms with Crippen LogP contribution in [0.5, 0.6) is 0 Å². The van der Waals surface area contributed by atoms with Gasteiger partial charge in [-0.2, -0.15) is 0 Å². The molecule has 1 amide bonds. The Hall–Kier alpha value is -0.730. The van der Waals surface area contributed by atoms with Crippen LogP contribution in [0.3, 0.4) is 0 Å². The lowest BCUT2D eigenvalue weighted by Crippen LogP contribution is -2.26. The van der Waals surface area contributed by atoms with Crippen LogP contribution in [0.2, 0.25) is 10.0 Å². The van der Waals surface area contributed by atoms with Crippen molar-refractivity contribution in [1.82, 2.24) is 5.32 Å². The topological polar surface area (TPSA) is 29.1 Å². The van der Waals surface area contributed by atoms with Crippen LogP contribution in [-0.2, 0) is 11.2 Å². The fourth-order valence-electron chi connectivity index (χ4n) is 1.40. The maximum atomic E-state index is 11.6. The van der Waals surface area contributed by atoms with E-state index in [2.05, 4.69) is 19.2 Å². The van der Waals surface area contributed by atoms with Gasteiger partial charge in [0.15, 0.2) is 0 Å². The monoisotopic (exact) mass is 273 g/mol. The van der Waals surface area contributed by atoms with Crippen molar-refractivity contribution in [3.8, 4) is 0 Å². The van der Waals surface area contributed by atoms with Gasteiger partial charge in [-0.15, -0.1) is 0 Å². The summed E-state index contributed by atoms with van der Waals surface area (Å²) in [5.74, 6) is 0.587. The summed E-state index contributed by atoms with van der Waals surface area (Å²) in [6.45, 7) is 4.96. The van der Waals surface area contributed by atoms with Gasteiger partial charge in [-0.05, 0) is 30.0 Å². The molecule has 0 heterocycles. The van der Waals surface area contributed by atoms with Crippen LogP contribution in [0.15, 0.2) is 18.2 Å². The molecule has 1 N–H and O–H groups in total. The van der Waals surface area contributed by atoms with Crippen LogP contribution in [0, 0.1) is 5.92 Å². The van der Waals surface area contributed by atoms with Crippen LogP contribution < -0.4 is 5.32 Å². The molecular weight excluding hydrogens is 257 g/mol. The van der Waals surface area contributed by atoms with E-state index in [9.17, 15) is 4.79 Å². The minimum Gasteiger partial charge on any atom is -0.356 e. The summed E-state index contributed by atoms with van der Waals surface area (Å²) in [5.41, 5.74) is 0.804. The number of carbonyl (C=O) groups is 1. The number of amides is 1. The lowest BCUT2D eigenvalue weighted by Gasteiger charge is -2.08. The summed E-state index contributed by atoms with van der Waals surface area (Å²) >= 11 is 11.8. The Morgan fingerprint density at radius 1 is 1.35 bits per heavy atom. The summed E-state index contributed by atoms with van der Waals surface area (Å²) in [6.07, 6.45) is 1.29. The molecule has 1 aromatic rings. The summed E-state index contributed by atoms with van der Waals surface area (Å²) in [7, 11) is 0. The molecule has 0 radical (unpaired) electrons. The highest BCUT2D eigenvalue weighted by Crippen LogP contribution is 2.21. The van der Waals surface area contributed by atoms with E-state index in [1.54, 1.807) is 18.2 Å². The molecule has 0 aliphatic carbocycles. The van der Waals surface area contributed by atoms with E-state index in [0.29, 0.717) is 28.9 Å². The molecule has 1 aromatic carbocycles. The first-order chi connectivity index (χ1) is 7.99. The molecule has 0 saturated heterocycles. The van der Waals surface area contributed by atoms with Crippen molar-refractivity contribution in [2.45, 2.75) is 26.7 Å². The first-order valence-electron chi connectivity index (χ1n) is 5.69. The highest BCUT2D eigenvalue weighted by molar-refractivity contribution is 6.35. The molecule has 0 bridgehead atoms. The fraction of sp³-hybridized carbons (Fsp3) is 0.462. The van der Waals surface area contributed by atoms with Gasteiger partial charge in [0, 0.05) is 16.6 Å². The van der Waals surface area contributed by atoms with Crippen LogP contribution in [0.1, 0.15) is 25.8 Å². The van der Waals surface area contributed by atoms with Gasteiger partial charge in [0.05, 0.1) is 6.42 Å². The number of hydrogen-bond acceptors (Lipinski definition) is 1. The molecule has 4 heteroatoms. The lowest BCUT2D eigenvalue weighted by atomic mass is 10.1. The molecule has 0 atom stereocenters. The van der Waals surface area contributed by atoms with Crippen molar-refractivity contribution in [3.63, 3.8) is 0 Å². The van der Waals surface area contributed by atoms with Gasteiger partial charge < -0.3 is 5.32 Å². The third-order valence-corrected chi connectivity index (χ3v) is 3.00. The first kappa shape index (κ1) is 14.3. The molecule has 0 aromatic heterocycles. The van der Waals surface area contributed by atoms with Crippen molar-refractivity contribution in [1.29, 1.82) is 0 Å². The molecule has 0 unspecified atom stereocenters. The molecule has 0 aliphatic heterocycles. The molecule has 17 heavy (non-hydrogen) atoms. The largest absolute Gasteiger partial charge is 0.356 e. The average Bonchev–Trinajstić information content (AvgIpc) is 2.21. The molecule has 0 aliphatic rings. The maximum absolute atomic E-state index is 11.6. The third-order valence-electron chi connectivity index (χ3n) is 2.41. The first-order valence-corrected chi connectivity index (χ1v) is 6.45. The predicted octanol–water partition coefficient (Wildman–Crippen LogP) is 3.70. The second kappa shape index (κ2) is 6.87.